The number of carbonyl (C=O) groups excluding carboxylic acids is 1. The van der Waals surface area contributed by atoms with E-state index in [2.05, 4.69) is 0 Å². The van der Waals surface area contributed by atoms with Crippen LogP contribution in [-0.2, 0) is 0 Å². The maximum Gasteiger partial charge on any atom is 0.222 e. The number of carbonyl (C=O) groups is 1. The number of aromatic carboxylic acids is 1. The maximum atomic E-state index is 10.6. The summed E-state index contributed by atoms with van der Waals surface area (Å²) in [6, 6.07) is 6.40. The Labute approximate surface area is 107 Å². The van der Waals surface area contributed by atoms with Crippen molar-refractivity contribution >= 4 is 5.97 Å². The van der Waals surface area contributed by atoms with Gasteiger partial charge in [-0.15, -0.1) is 0 Å². The smallest absolute Gasteiger partial charge is 0.222 e. The molecule has 0 unspecified atom stereocenters. The number of carboxylic acids is 1. The van der Waals surface area contributed by atoms with E-state index in [1.807, 2.05) is 0 Å². The van der Waals surface area contributed by atoms with Crippen LogP contribution in [0.2, 0.25) is 0 Å². The number of likely N-dealkylation sites (tertiary alicyclic amines) is 1. The lowest BCUT2D eigenvalue weighted by atomic mass is 10.2. The molecule has 1 saturated heterocycles. The molecule has 2 rings (SSSR count). The molecule has 1 heterocycles. The molecule has 1 N–H and O–H groups in total. The number of ether oxygens (including phenoxy) is 1. The van der Waals surface area contributed by atoms with E-state index >= 15 is 0 Å². The van der Waals surface area contributed by atoms with Gasteiger partial charge in [-0.25, -0.2) is 0 Å². The monoisotopic (exact) mass is 249 g/mol. The Morgan fingerprint density at radius 1 is 1.11 bits per heavy atom. The third kappa shape index (κ3) is 3.74. The summed E-state index contributed by atoms with van der Waals surface area (Å²) in [5, 5.41) is 10.6. The Morgan fingerprint density at radius 2 is 1.72 bits per heavy atom. The predicted molar refractivity (Wildman–Crippen MR) is 65.4 cm³/mol. The second kappa shape index (κ2) is 6.40. The Morgan fingerprint density at radius 3 is 2.28 bits per heavy atom. The van der Waals surface area contributed by atoms with Gasteiger partial charge in [-0.1, -0.05) is 0 Å². The lowest BCUT2D eigenvalue weighted by Crippen LogP contribution is -3.12. The average molecular weight is 249 g/mol. The lowest BCUT2D eigenvalue weighted by molar-refractivity contribution is -0.915. The van der Waals surface area contributed by atoms with Crippen LogP contribution in [0.25, 0.3) is 0 Å². The Kier molecular flexibility index (Phi) is 4.59. The van der Waals surface area contributed by atoms with Gasteiger partial charge in [0.25, 0.3) is 0 Å². The summed E-state index contributed by atoms with van der Waals surface area (Å²) in [6.07, 6.45) is 5.18. The summed E-state index contributed by atoms with van der Waals surface area (Å²) in [5.41, 5.74) is 0.185. The minimum atomic E-state index is -1.15. The summed E-state index contributed by atoms with van der Waals surface area (Å²) in [6.45, 7) is 2.99. The fourth-order valence-corrected chi connectivity index (χ4v) is 2.25. The van der Waals surface area contributed by atoms with Gasteiger partial charge in [0.2, 0.25) is 6.73 Å². The molecule has 0 spiro atoms. The lowest BCUT2D eigenvalue weighted by Gasteiger charge is -2.17. The molecule has 4 heteroatoms. The molecular weight excluding hydrogens is 230 g/mol. The molecule has 0 atom stereocenters. The van der Waals surface area contributed by atoms with Crippen LogP contribution in [0.3, 0.4) is 0 Å². The van der Waals surface area contributed by atoms with E-state index in [9.17, 15) is 9.90 Å². The van der Waals surface area contributed by atoms with Gasteiger partial charge in [0.05, 0.1) is 19.1 Å². The first-order chi connectivity index (χ1) is 8.75. The van der Waals surface area contributed by atoms with Gasteiger partial charge in [-0.05, 0) is 55.5 Å². The van der Waals surface area contributed by atoms with Gasteiger partial charge >= 0.3 is 0 Å². The number of nitrogens with one attached hydrogen (secondary N) is 1. The van der Waals surface area contributed by atoms with Crippen molar-refractivity contribution in [2.45, 2.75) is 25.7 Å². The summed E-state index contributed by atoms with van der Waals surface area (Å²) >= 11 is 0. The Hall–Kier alpha value is -1.55. The van der Waals surface area contributed by atoms with E-state index in [1.165, 1.54) is 42.7 Å². The normalized spacial score (nSPS) is 17.1. The Balaban J connectivity index is 1.83. The zero-order chi connectivity index (χ0) is 12.8. The number of benzene rings is 1. The fraction of sp³-hybridized carbons (Fsp3) is 0.500. The summed E-state index contributed by atoms with van der Waals surface area (Å²) < 4.78 is 5.69. The zero-order valence-electron chi connectivity index (χ0n) is 10.5. The molecule has 4 nitrogen and oxygen atoms in total. The molecule has 98 valence electrons. The third-order valence-electron chi connectivity index (χ3n) is 3.34. The number of carboxylic acid groups (broad SMARTS) is 1. The molecule has 1 aromatic carbocycles. The highest BCUT2D eigenvalue weighted by atomic mass is 16.5. The molecule has 1 aliphatic heterocycles. The Bertz CT molecular complexity index is 381. The van der Waals surface area contributed by atoms with Crippen LogP contribution in [0.1, 0.15) is 36.0 Å². The first-order valence-corrected chi connectivity index (χ1v) is 6.53. The van der Waals surface area contributed by atoms with Crippen LogP contribution in [0.5, 0.6) is 5.75 Å². The van der Waals surface area contributed by atoms with Crippen molar-refractivity contribution in [1.82, 2.24) is 0 Å². The van der Waals surface area contributed by atoms with Gasteiger partial charge in [-0.3, -0.25) is 0 Å². The van der Waals surface area contributed by atoms with Crippen molar-refractivity contribution in [2.75, 3.05) is 19.8 Å². The molecule has 0 saturated carbocycles. The summed E-state index contributed by atoms with van der Waals surface area (Å²) in [4.78, 5) is 12.1. The standard InChI is InChI=1S/C14H19NO3/c16-14(17)12-5-7-13(8-6-12)18-11-15-9-3-1-2-4-10-15/h5-8H,1-4,9-11H2,(H,16,17). The SMILES string of the molecule is O=C([O-])c1ccc(OC[NH+]2CCCCCC2)cc1. The van der Waals surface area contributed by atoms with Gasteiger partial charge in [-0.2, -0.15) is 0 Å². The van der Waals surface area contributed by atoms with Crippen LogP contribution < -0.4 is 14.7 Å². The van der Waals surface area contributed by atoms with Gasteiger partial charge in [0.1, 0.15) is 5.75 Å². The molecular formula is C14H19NO3. The minimum Gasteiger partial charge on any atom is -0.545 e. The molecule has 0 aliphatic carbocycles. The molecule has 0 aromatic heterocycles. The van der Waals surface area contributed by atoms with E-state index in [0.29, 0.717) is 6.73 Å². The van der Waals surface area contributed by atoms with Crippen molar-refractivity contribution < 1.29 is 19.5 Å². The van der Waals surface area contributed by atoms with E-state index < -0.39 is 5.97 Å². The van der Waals surface area contributed by atoms with E-state index in [4.69, 9.17) is 4.74 Å². The molecule has 1 fully saturated rings. The first kappa shape index (κ1) is 12.9. The number of rotatable bonds is 4. The fourth-order valence-electron chi connectivity index (χ4n) is 2.25. The van der Waals surface area contributed by atoms with Crippen LogP contribution in [0, 0.1) is 0 Å². The highest BCUT2D eigenvalue weighted by Gasteiger charge is 2.12. The third-order valence-corrected chi connectivity index (χ3v) is 3.34. The van der Waals surface area contributed by atoms with Crippen molar-refractivity contribution in [2.24, 2.45) is 0 Å². The number of hydrogen-bond donors (Lipinski definition) is 1. The second-order valence-corrected chi connectivity index (χ2v) is 4.76. The van der Waals surface area contributed by atoms with Crippen LogP contribution >= 0.6 is 0 Å². The molecule has 0 amide bonds. The zero-order valence-corrected chi connectivity index (χ0v) is 10.5. The number of hydrogen-bond acceptors (Lipinski definition) is 3. The topological polar surface area (TPSA) is 53.8 Å². The van der Waals surface area contributed by atoms with Gasteiger partial charge < -0.3 is 19.5 Å². The van der Waals surface area contributed by atoms with Crippen LogP contribution in [0.4, 0.5) is 0 Å². The quantitative estimate of drug-likeness (QED) is 0.807. The molecule has 18 heavy (non-hydrogen) atoms. The van der Waals surface area contributed by atoms with E-state index in [1.54, 1.807) is 12.1 Å². The summed E-state index contributed by atoms with van der Waals surface area (Å²) in [5.74, 6) is -0.434. The largest absolute Gasteiger partial charge is 0.545 e. The second-order valence-electron chi connectivity index (χ2n) is 4.76. The minimum absolute atomic E-state index is 0.185. The molecule has 1 aromatic rings. The van der Waals surface area contributed by atoms with Crippen molar-refractivity contribution in [3.8, 4) is 5.75 Å². The van der Waals surface area contributed by atoms with Gasteiger partial charge in [0.15, 0.2) is 0 Å². The summed E-state index contributed by atoms with van der Waals surface area (Å²) in [7, 11) is 0. The van der Waals surface area contributed by atoms with E-state index in [-0.39, 0.29) is 5.56 Å². The van der Waals surface area contributed by atoms with Gasteiger partial charge in [0, 0.05) is 0 Å². The first-order valence-electron chi connectivity index (χ1n) is 6.53. The van der Waals surface area contributed by atoms with Crippen LogP contribution in [-0.4, -0.2) is 25.8 Å². The molecule has 0 bridgehead atoms. The van der Waals surface area contributed by atoms with Crippen molar-refractivity contribution in [3.05, 3.63) is 29.8 Å². The van der Waals surface area contributed by atoms with Crippen LogP contribution in [0.15, 0.2) is 24.3 Å². The van der Waals surface area contributed by atoms with E-state index in [0.717, 1.165) is 18.8 Å². The highest BCUT2D eigenvalue weighted by Crippen LogP contribution is 2.11. The van der Waals surface area contributed by atoms with Crippen molar-refractivity contribution in [3.63, 3.8) is 0 Å². The molecule has 0 radical (unpaired) electrons. The average Bonchev–Trinajstić information content (AvgIpc) is 2.65. The van der Waals surface area contributed by atoms with Crippen molar-refractivity contribution in [1.29, 1.82) is 0 Å². The number of quaternary nitrogens is 1. The molecule has 1 aliphatic rings. The predicted octanol–water partition coefficient (Wildman–Crippen LogP) is -0.155. The highest BCUT2D eigenvalue weighted by molar-refractivity contribution is 5.85. The maximum absolute atomic E-state index is 10.6.